The van der Waals surface area contributed by atoms with Gasteiger partial charge in [-0.3, -0.25) is 9.69 Å². The summed E-state index contributed by atoms with van der Waals surface area (Å²) in [5.41, 5.74) is 0.976. The van der Waals surface area contributed by atoms with Gasteiger partial charge in [0, 0.05) is 12.1 Å². The normalized spacial score (nSPS) is 11.6. The highest BCUT2D eigenvalue weighted by Gasteiger charge is 2.23. The molecule has 0 fully saturated rings. The van der Waals surface area contributed by atoms with E-state index in [2.05, 4.69) is 4.98 Å². The lowest BCUT2D eigenvalue weighted by Crippen LogP contribution is -2.37. The van der Waals surface area contributed by atoms with Crippen LogP contribution in [0.15, 0.2) is 60.7 Å². The van der Waals surface area contributed by atoms with Crippen LogP contribution >= 0.6 is 22.9 Å². The van der Waals surface area contributed by atoms with Gasteiger partial charge in [-0.25, -0.2) is 9.37 Å². The van der Waals surface area contributed by atoms with Gasteiger partial charge in [0.15, 0.2) is 22.8 Å². The number of nitriles is 1. The molecule has 0 radical (unpaired) electrons. The number of fused-ring (bicyclic) bond motifs is 1. The molecule has 1 aromatic heterocycles. The molecule has 4 aromatic rings. The van der Waals surface area contributed by atoms with Crippen molar-refractivity contribution in [2.75, 3.05) is 11.9 Å². The fraction of sp³-hybridized carbons (Fsp3) is 0.125. The molecular weight excluding hydrogens is 465 g/mol. The lowest BCUT2D eigenvalue weighted by atomic mass is 10.2. The summed E-state index contributed by atoms with van der Waals surface area (Å²) in [7, 11) is 1.64. The fourth-order valence-corrected chi connectivity index (χ4v) is 4.23. The van der Waals surface area contributed by atoms with Gasteiger partial charge in [-0.1, -0.05) is 22.9 Å². The van der Waals surface area contributed by atoms with E-state index in [1.807, 2.05) is 18.2 Å². The molecule has 0 aliphatic heterocycles. The van der Waals surface area contributed by atoms with Gasteiger partial charge in [-0.15, -0.1) is 0 Å². The minimum atomic E-state index is -0.770. The zero-order valence-corrected chi connectivity index (χ0v) is 19.2. The Hall–Kier alpha value is -3.67. The number of nitrogens with zero attached hydrogens (tertiary/aromatic N) is 3. The van der Waals surface area contributed by atoms with Crippen molar-refractivity contribution >= 4 is 44.2 Å². The maximum Gasteiger partial charge on any atom is 0.269 e. The summed E-state index contributed by atoms with van der Waals surface area (Å²) in [4.78, 5) is 18.8. The number of amides is 1. The lowest BCUT2D eigenvalue weighted by molar-refractivity contribution is -0.124. The van der Waals surface area contributed by atoms with E-state index < -0.39 is 11.9 Å². The van der Waals surface area contributed by atoms with Crippen LogP contribution in [0.25, 0.3) is 10.2 Å². The van der Waals surface area contributed by atoms with E-state index in [0.29, 0.717) is 21.7 Å². The monoisotopic (exact) mass is 481 g/mol. The lowest BCUT2D eigenvalue weighted by Gasteiger charge is -2.20. The first-order valence-corrected chi connectivity index (χ1v) is 11.0. The summed E-state index contributed by atoms with van der Waals surface area (Å²) in [5, 5.41) is 9.97. The fourth-order valence-electron chi connectivity index (χ4n) is 3.02. The largest absolute Gasteiger partial charge is 0.481 e. The van der Waals surface area contributed by atoms with Gasteiger partial charge >= 0.3 is 0 Å². The molecule has 9 heteroatoms. The molecule has 0 saturated heterocycles. The Morgan fingerprint density at radius 2 is 1.88 bits per heavy atom. The number of ether oxygens (including phenoxy) is 2. The molecule has 0 aliphatic carbocycles. The second-order valence-electron chi connectivity index (χ2n) is 7.10. The third-order valence-electron chi connectivity index (χ3n) is 4.73. The van der Waals surface area contributed by atoms with Gasteiger partial charge in [0.05, 0.1) is 21.8 Å². The second kappa shape index (κ2) is 9.45. The van der Waals surface area contributed by atoms with Crippen LogP contribution in [0.2, 0.25) is 5.02 Å². The Kier molecular flexibility index (Phi) is 6.45. The van der Waals surface area contributed by atoms with Crippen LogP contribution in [-0.2, 0) is 4.79 Å². The molecule has 1 amide bonds. The third-order valence-corrected chi connectivity index (χ3v) is 6.06. The van der Waals surface area contributed by atoms with Crippen molar-refractivity contribution in [3.8, 4) is 23.3 Å². The molecule has 4 rings (SSSR count). The zero-order valence-electron chi connectivity index (χ0n) is 17.6. The number of carbonyl (C=O) groups is 1. The number of likely N-dealkylation sites (N-methyl/N-ethyl adjacent to an activating group) is 1. The van der Waals surface area contributed by atoms with Crippen molar-refractivity contribution in [3.63, 3.8) is 0 Å². The summed E-state index contributed by atoms with van der Waals surface area (Å²) in [6.07, 6.45) is -0.770. The molecule has 0 unspecified atom stereocenters. The quantitative estimate of drug-likeness (QED) is 0.328. The molecule has 0 saturated carbocycles. The summed E-state index contributed by atoms with van der Waals surface area (Å²) in [6.45, 7) is 1.65. The smallest absolute Gasteiger partial charge is 0.269 e. The maximum absolute atomic E-state index is 14.0. The van der Waals surface area contributed by atoms with Crippen molar-refractivity contribution in [3.05, 3.63) is 77.1 Å². The molecule has 0 N–H and O–H groups in total. The van der Waals surface area contributed by atoms with Gasteiger partial charge in [0.2, 0.25) is 0 Å². The van der Waals surface area contributed by atoms with Gasteiger partial charge < -0.3 is 9.47 Å². The van der Waals surface area contributed by atoms with Crippen LogP contribution in [0.3, 0.4) is 0 Å². The first kappa shape index (κ1) is 22.5. The first-order valence-electron chi connectivity index (χ1n) is 9.82. The van der Waals surface area contributed by atoms with Crippen molar-refractivity contribution in [2.24, 2.45) is 0 Å². The van der Waals surface area contributed by atoms with Crippen molar-refractivity contribution < 1.29 is 18.7 Å². The first-order chi connectivity index (χ1) is 15.8. The summed E-state index contributed by atoms with van der Waals surface area (Å²) < 4.78 is 26.2. The Morgan fingerprint density at radius 1 is 1.15 bits per heavy atom. The van der Waals surface area contributed by atoms with Gasteiger partial charge in [0.25, 0.3) is 5.91 Å². The molecule has 1 heterocycles. The number of benzene rings is 3. The zero-order chi connectivity index (χ0) is 23.5. The van der Waals surface area contributed by atoms with E-state index in [1.165, 1.54) is 28.4 Å². The van der Waals surface area contributed by atoms with E-state index in [4.69, 9.17) is 26.3 Å². The number of aromatic nitrogens is 1. The SMILES string of the molecule is C[C@@H](Oc1ccc(Oc2ccc(C#N)cc2F)cc1)C(=O)N(C)c1nc2ccc(Cl)cc2s1. The van der Waals surface area contributed by atoms with Crippen LogP contribution in [0.1, 0.15) is 12.5 Å². The molecular formula is C24H17ClFN3O3S. The maximum atomic E-state index is 14.0. The van der Waals surface area contributed by atoms with E-state index in [1.54, 1.807) is 44.3 Å². The minimum Gasteiger partial charge on any atom is -0.481 e. The molecule has 3 aromatic carbocycles. The molecule has 166 valence electrons. The van der Waals surface area contributed by atoms with E-state index in [9.17, 15) is 9.18 Å². The van der Waals surface area contributed by atoms with E-state index in [-0.39, 0.29) is 17.2 Å². The number of halogens is 2. The van der Waals surface area contributed by atoms with Crippen molar-refractivity contribution in [2.45, 2.75) is 13.0 Å². The molecule has 6 nitrogen and oxygen atoms in total. The number of carbonyl (C=O) groups excluding carboxylic acids is 1. The van der Waals surface area contributed by atoms with Crippen LogP contribution < -0.4 is 14.4 Å². The topological polar surface area (TPSA) is 75.5 Å². The number of hydrogen-bond donors (Lipinski definition) is 0. The number of rotatable bonds is 6. The third kappa shape index (κ3) is 5.06. The Bertz CT molecular complexity index is 1370. The molecule has 0 bridgehead atoms. The predicted molar refractivity (Wildman–Crippen MR) is 126 cm³/mol. The molecule has 33 heavy (non-hydrogen) atoms. The van der Waals surface area contributed by atoms with Crippen LogP contribution in [0.5, 0.6) is 17.2 Å². The van der Waals surface area contributed by atoms with Crippen LogP contribution in [0, 0.1) is 17.1 Å². The standard InChI is InChI=1S/C24H17ClFN3O3S/c1-14(23(30)29(2)24-28-20-9-4-16(25)12-22(20)33-24)31-17-5-7-18(8-6-17)32-21-10-3-15(13-27)11-19(21)26/h3-12,14H,1-2H3/t14-/m1/s1. The number of hydrogen-bond acceptors (Lipinski definition) is 6. The van der Waals surface area contributed by atoms with E-state index in [0.717, 1.165) is 16.3 Å². The molecule has 0 aliphatic rings. The predicted octanol–water partition coefficient (Wildman–Crippen LogP) is 6.18. The minimum absolute atomic E-state index is 0.00459. The van der Waals surface area contributed by atoms with Crippen molar-refractivity contribution in [1.82, 2.24) is 4.98 Å². The van der Waals surface area contributed by atoms with Gasteiger partial charge in [0.1, 0.15) is 11.5 Å². The van der Waals surface area contributed by atoms with E-state index >= 15 is 0 Å². The Balaban J connectivity index is 1.40. The number of thiazole rings is 1. The highest BCUT2D eigenvalue weighted by Crippen LogP contribution is 2.31. The Morgan fingerprint density at radius 3 is 2.58 bits per heavy atom. The average molecular weight is 482 g/mol. The molecule has 0 spiro atoms. The number of anilines is 1. The highest BCUT2D eigenvalue weighted by atomic mass is 35.5. The second-order valence-corrected chi connectivity index (χ2v) is 8.54. The summed E-state index contributed by atoms with van der Waals surface area (Å²) in [5.74, 6) is -0.0537. The van der Waals surface area contributed by atoms with Crippen LogP contribution in [-0.4, -0.2) is 24.0 Å². The summed E-state index contributed by atoms with van der Waals surface area (Å²) in [6, 6.07) is 17.7. The highest BCUT2D eigenvalue weighted by molar-refractivity contribution is 7.22. The van der Waals surface area contributed by atoms with Crippen molar-refractivity contribution in [1.29, 1.82) is 5.26 Å². The van der Waals surface area contributed by atoms with Gasteiger partial charge in [-0.05, 0) is 67.6 Å². The average Bonchev–Trinajstić information content (AvgIpc) is 3.23. The summed E-state index contributed by atoms with van der Waals surface area (Å²) >= 11 is 7.39. The Labute approximate surface area is 198 Å². The molecule has 1 atom stereocenters. The van der Waals surface area contributed by atoms with Gasteiger partial charge in [-0.2, -0.15) is 5.26 Å². The van der Waals surface area contributed by atoms with Crippen LogP contribution in [0.4, 0.5) is 9.52 Å².